The molecule has 0 radical (unpaired) electrons. The molecule has 0 atom stereocenters. The van der Waals surface area contributed by atoms with Gasteiger partial charge in [0.25, 0.3) is 5.91 Å². The lowest BCUT2D eigenvalue weighted by molar-refractivity contribution is -0.122. The van der Waals surface area contributed by atoms with Crippen LogP contribution in [0.2, 0.25) is 0 Å². The van der Waals surface area contributed by atoms with Crippen LogP contribution in [0, 0.1) is 5.92 Å². The average molecular weight is 263 g/mol. The Labute approximate surface area is 110 Å². The van der Waals surface area contributed by atoms with Gasteiger partial charge >= 0.3 is 0 Å². The molecule has 2 rings (SSSR count). The van der Waals surface area contributed by atoms with Crippen molar-refractivity contribution in [2.75, 3.05) is 0 Å². The van der Waals surface area contributed by atoms with Gasteiger partial charge in [-0.25, -0.2) is 0 Å². The molecule has 4 N–H and O–H groups in total. The normalized spacial score (nSPS) is 22.7. The lowest BCUT2D eigenvalue weighted by Crippen LogP contribution is -2.40. The van der Waals surface area contributed by atoms with Crippen molar-refractivity contribution in [2.24, 2.45) is 11.7 Å². The SMILES string of the molecule is NC(=O)C1CCC(NC(=O)c2cc[nH]c(=O)c2)CC1. The molecule has 1 heterocycles. The van der Waals surface area contributed by atoms with Gasteiger partial charge in [0.2, 0.25) is 11.5 Å². The molecule has 1 aromatic rings. The van der Waals surface area contributed by atoms with Gasteiger partial charge in [0, 0.05) is 29.8 Å². The minimum absolute atomic E-state index is 0.0439. The van der Waals surface area contributed by atoms with Crippen LogP contribution in [0.1, 0.15) is 36.0 Å². The fraction of sp³-hybridized carbons (Fsp3) is 0.462. The van der Waals surface area contributed by atoms with Crippen LogP contribution in [-0.4, -0.2) is 22.8 Å². The lowest BCUT2D eigenvalue weighted by atomic mass is 9.85. The van der Waals surface area contributed by atoms with E-state index in [0.29, 0.717) is 18.4 Å². The van der Waals surface area contributed by atoms with Crippen LogP contribution in [0.25, 0.3) is 0 Å². The summed E-state index contributed by atoms with van der Waals surface area (Å²) < 4.78 is 0. The third kappa shape index (κ3) is 3.43. The van der Waals surface area contributed by atoms with Crippen LogP contribution < -0.4 is 16.6 Å². The second-order valence-electron chi connectivity index (χ2n) is 4.87. The topological polar surface area (TPSA) is 105 Å². The highest BCUT2D eigenvalue weighted by Crippen LogP contribution is 2.24. The summed E-state index contributed by atoms with van der Waals surface area (Å²) in [5.74, 6) is -0.597. The first-order valence-corrected chi connectivity index (χ1v) is 6.35. The molecule has 1 aliphatic rings. The largest absolute Gasteiger partial charge is 0.369 e. The predicted molar refractivity (Wildman–Crippen MR) is 69.5 cm³/mol. The van der Waals surface area contributed by atoms with E-state index in [2.05, 4.69) is 10.3 Å². The van der Waals surface area contributed by atoms with Crippen LogP contribution in [0.3, 0.4) is 0 Å². The Morgan fingerprint density at radius 2 is 1.95 bits per heavy atom. The van der Waals surface area contributed by atoms with Crippen LogP contribution in [0.5, 0.6) is 0 Å². The Hall–Kier alpha value is -2.11. The summed E-state index contributed by atoms with van der Waals surface area (Å²) in [5.41, 5.74) is 5.30. The molecular formula is C13H17N3O3. The molecule has 0 saturated heterocycles. The number of carbonyl (C=O) groups excluding carboxylic acids is 2. The van der Waals surface area contributed by atoms with E-state index >= 15 is 0 Å². The van der Waals surface area contributed by atoms with E-state index in [4.69, 9.17) is 5.73 Å². The smallest absolute Gasteiger partial charge is 0.251 e. The van der Waals surface area contributed by atoms with E-state index < -0.39 is 0 Å². The standard InChI is InChI=1S/C13H17N3O3/c14-12(18)8-1-3-10(4-2-8)16-13(19)9-5-6-15-11(17)7-9/h5-8,10H,1-4H2,(H2,14,18)(H,15,17)(H,16,19). The molecule has 0 bridgehead atoms. The Kier molecular flexibility index (Phi) is 3.99. The highest BCUT2D eigenvalue weighted by Gasteiger charge is 2.25. The molecule has 1 aromatic heterocycles. The van der Waals surface area contributed by atoms with Crippen molar-refractivity contribution < 1.29 is 9.59 Å². The maximum absolute atomic E-state index is 11.9. The van der Waals surface area contributed by atoms with Crippen LogP contribution in [0.15, 0.2) is 23.1 Å². The summed E-state index contributed by atoms with van der Waals surface area (Å²) in [6, 6.07) is 2.87. The van der Waals surface area contributed by atoms with Gasteiger partial charge in [-0.3, -0.25) is 14.4 Å². The van der Waals surface area contributed by atoms with E-state index in [9.17, 15) is 14.4 Å². The van der Waals surface area contributed by atoms with E-state index in [1.165, 1.54) is 12.3 Å². The van der Waals surface area contributed by atoms with E-state index in [1.807, 2.05) is 0 Å². The molecule has 1 fully saturated rings. The third-order valence-corrected chi connectivity index (χ3v) is 3.50. The van der Waals surface area contributed by atoms with E-state index in [-0.39, 0.29) is 29.3 Å². The fourth-order valence-electron chi connectivity index (χ4n) is 2.38. The monoisotopic (exact) mass is 263 g/mol. The zero-order chi connectivity index (χ0) is 13.8. The van der Waals surface area contributed by atoms with Crippen molar-refractivity contribution in [1.29, 1.82) is 0 Å². The van der Waals surface area contributed by atoms with Crippen molar-refractivity contribution in [2.45, 2.75) is 31.7 Å². The molecule has 0 spiro atoms. The number of rotatable bonds is 3. The van der Waals surface area contributed by atoms with Crippen molar-refractivity contribution in [3.63, 3.8) is 0 Å². The first-order chi connectivity index (χ1) is 9.06. The van der Waals surface area contributed by atoms with Crippen molar-refractivity contribution in [3.8, 4) is 0 Å². The van der Waals surface area contributed by atoms with Crippen molar-refractivity contribution >= 4 is 11.8 Å². The first kappa shape index (κ1) is 13.3. The van der Waals surface area contributed by atoms with Crippen LogP contribution in [-0.2, 0) is 4.79 Å². The summed E-state index contributed by atoms with van der Waals surface area (Å²) >= 11 is 0. The van der Waals surface area contributed by atoms with Crippen molar-refractivity contribution in [3.05, 3.63) is 34.2 Å². The van der Waals surface area contributed by atoms with Crippen LogP contribution >= 0.6 is 0 Å². The number of aromatic nitrogens is 1. The number of hydrogen-bond donors (Lipinski definition) is 3. The Morgan fingerprint density at radius 1 is 1.26 bits per heavy atom. The molecule has 1 aliphatic carbocycles. The maximum Gasteiger partial charge on any atom is 0.251 e. The number of aromatic amines is 1. The number of amides is 2. The summed E-state index contributed by atoms with van der Waals surface area (Å²) in [4.78, 5) is 36.5. The number of nitrogens with one attached hydrogen (secondary N) is 2. The zero-order valence-corrected chi connectivity index (χ0v) is 10.5. The molecule has 102 valence electrons. The first-order valence-electron chi connectivity index (χ1n) is 6.35. The lowest BCUT2D eigenvalue weighted by Gasteiger charge is -2.27. The highest BCUT2D eigenvalue weighted by atomic mass is 16.2. The molecule has 1 saturated carbocycles. The Bertz CT molecular complexity index is 530. The van der Waals surface area contributed by atoms with Gasteiger partial charge in [0.15, 0.2) is 0 Å². The third-order valence-electron chi connectivity index (χ3n) is 3.50. The molecule has 6 heteroatoms. The molecule has 0 aromatic carbocycles. The van der Waals surface area contributed by atoms with Crippen molar-refractivity contribution in [1.82, 2.24) is 10.3 Å². The number of H-pyrrole nitrogens is 1. The van der Waals surface area contributed by atoms with E-state index in [0.717, 1.165) is 12.8 Å². The molecular weight excluding hydrogens is 246 g/mol. The fourth-order valence-corrected chi connectivity index (χ4v) is 2.38. The van der Waals surface area contributed by atoms with Gasteiger partial charge in [0.1, 0.15) is 0 Å². The Morgan fingerprint density at radius 3 is 2.53 bits per heavy atom. The number of pyridine rings is 1. The Balaban J connectivity index is 1.91. The molecule has 0 unspecified atom stereocenters. The minimum atomic E-state index is -0.301. The number of primary amides is 1. The maximum atomic E-state index is 11.9. The predicted octanol–water partition coefficient (Wildman–Crippen LogP) is 0.149. The van der Waals surface area contributed by atoms with Gasteiger partial charge < -0.3 is 16.0 Å². The van der Waals surface area contributed by atoms with Gasteiger partial charge in [-0.2, -0.15) is 0 Å². The van der Waals surface area contributed by atoms with Gasteiger partial charge in [-0.15, -0.1) is 0 Å². The minimum Gasteiger partial charge on any atom is -0.369 e. The molecule has 2 amide bonds. The summed E-state index contributed by atoms with van der Waals surface area (Å²) in [6.45, 7) is 0. The second-order valence-corrected chi connectivity index (χ2v) is 4.87. The quantitative estimate of drug-likeness (QED) is 0.722. The number of hydrogen-bond acceptors (Lipinski definition) is 3. The summed E-state index contributed by atoms with van der Waals surface area (Å²) in [6.07, 6.45) is 4.33. The second kappa shape index (κ2) is 5.69. The summed E-state index contributed by atoms with van der Waals surface area (Å²) in [7, 11) is 0. The summed E-state index contributed by atoms with van der Waals surface area (Å²) in [5, 5.41) is 2.88. The number of nitrogens with two attached hydrogens (primary N) is 1. The van der Waals surface area contributed by atoms with Crippen LogP contribution in [0.4, 0.5) is 0 Å². The molecule has 6 nitrogen and oxygen atoms in total. The average Bonchev–Trinajstić information content (AvgIpc) is 2.39. The highest BCUT2D eigenvalue weighted by molar-refractivity contribution is 5.94. The van der Waals surface area contributed by atoms with Gasteiger partial charge in [-0.1, -0.05) is 0 Å². The van der Waals surface area contributed by atoms with Gasteiger partial charge in [-0.05, 0) is 31.7 Å². The molecule has 0 aliphatic heterocycles. The number of carbonyl (C=O) groups is 2. The van der Waals surface area contributed by atoms with E-state index in [1.54, 1.807) is 6.07 Å². The molecule has 19 heavy (non-hydrogen) atoms. The zero-order valence-electron chi connectivity index (χ0n) is 10.5. The van der Waals surface area contributed by atoms with Gasteiger partial charge in [0.05, 0.1) is 0 Å².